The molecule has 0 atom stereocenters. The van der Waals surface area contributed by atoms with Crippen LogP contribution in [0, 0.1) is 5.92 Å². The number of carbonyl (C=O) groups excluding carboxylic acids is 2. The van der Waals surface area contributed by atoms with E-state index in [0.717, 1.165) is 0 Å². The summed E-state index contributed by atoms with van der Waals surface area (Å²) in [5.41, 5.74) is 11.1. The van der Waals surface area contributed by atoms with E-state index >= 15 is 0 Å². The first kappa shape index (κ1) is 12.4. The van der Waals surface area contributed by atoms with E-state index in [4.69, 9.17) is 11.5 Å². The molecule has 4 nitrogen and oxygen atoms in total. The molecule has 0 unspecified atom stereocenters. The Morgan fingerprint density at radius 1 is 1.00 bits per heavy atom. The van der Waals surface area contributed by atoms with Gasteiger partial charge < -0.3 is 11.5 Å². The van der Waals surface area contributed by atoms with E-state index in [9.17, 15) is 9.59 Å². The van der Waals surface area contributed by atoms with Crippen LogP contribution in [0.25, 0.3) is 0 Å². The summed E-state index contributed by atoms with van der Waals surface area (Å²) in [6.45, 7) is 5.11. The first-order chi connectivity index (χ1) is 6.34. The van der Waals surface area contributed by atoms with Gasteiger partial charge in [0.1, 0.15) is 0 Å². The SMILES string of the molecule is CC(=CC(C)C=C(C)C(N)=O)C(N)=O. The molecule has 0 radical (unpaired) electrons. The highest BCUT2D eigenvalue weighted by Gasteiger charge is 2.02. The number of carbonyl (C=O) groups is 2. The molecular formula is C10H16N2O2. The smallest absolute Gasteiger partial charge is 0.244 e. The number of hydrogen-bond donors (Lipinski definition) is 2. The summed E-state index contributed by atoms with van der Waals surface area (Å²) in [6.07, 6.45) is 3.38. The minimum absolute atomic E-state index is 0.0324. The van der Waals surface area contributed by atoms with Gasteiger partial charge in [0.15, 0.2) is 0 Å². The van der Waals surface area contributed by atoms with Crippen molar-refractivity contribution in [3.63, 3.8) is 0 Å². The van der Waals surface area contributed by atoms with Crippen molar-refractivity contribution in [3.05, 3.63) is 23.3 Å². The Balaban J connectivity index is 4.59. The monoisotopic (exact) mass is 196 g/mol. The lowest BCUT2D eigenvalue weighted by molar-refractivity contribution is -0.115. The van der Waals surface area contributed by atoms with Crippen LogP contribution in [0.15, 0.2) is 23.3 Å². The van der Waals surface area contributed by atoms with E-state index in [1.807, 2.05) is 6.92 Å². The summed E-state index contributed by atoms with van der Waals surface area (Å²) in [7, 11) is 0. The molecule has 0 aliphatic carbocycles. The Morgan fingerprint density at radius 2 is 1.29 bits per heavy atom. The molecule has 0 aliphatic heterocycles. The minimum Gasteiger partial charge on any atom is -0.366 e. The Labute approximate surface area is 83.6 Å². The van der Waals surface area contributed by atoms with E-state index in [0.29, 0.717) is 11.1 Å². The molecule has 4 heteroatoms. The molecule has 0 fully saturated rings. The number of amides is 2. The van der Waals surface area contributed by atoms with Gasteiger partial charge in [-0.2, -0.15) is 0 Å². The quantitative estimate of drug-likeness (QED) is 0.641. The average molecular weight is 196 g/mol. The van der Waals surface area contributed by atoms with Crippen LogP contribution in [0.2, 0.25) is 0 Å². The molecule has 0 aromatic rings. The number of allylic oxidation sites excluding steroid dienone is 2. The molecule has 0 saturated heterocycles. The van der Waals surface area contributed by atoms with Crippen LogP contribution < -0.4 is 11.5 Å². The van der Waals surface area contributed by atoms with Gasteiger partial charge in [-0.3, -0.25) is 9.59 Å². The molecule has 2 amide bonds. The fourth-order valence-electron chi connectivity index (χ4n) is 1.00. The van der Waals surface area contributed by atoms with Gasteiger partial charge in [-0.25, -0.2) is 0 Å². The Kier molecular flexibility index (Phi) is 4.63. The zero-order valence-electron chi connectivity index (χ0n) is 8.70. The van der Waals surface area contributed by atoms with E-state index in [1.165, 1.54) is 0 Å². The standard InChI is InChI=1S/C10H16N2O2/c1-6(4-7(2)9(11)13)5-8(3)10(12)14/h4-6H,1-3H3,(H2,11,13)(H2,12,14). The number of rotatable bonds is 4. The van der Waals surface area contributed by atoms with E-state index in [-0.39, 0.29) is 5.92 Å². The maximum atomic E-state index is 10.7. The predicted molar refractivity (Wildman–Crippen MR) is 55.1 cm³/mol. The molecule has 0 rings (SSSR count). The Bertz CT molecular complexity index is 273. The first-order valence-corrected chi connectivity index (χ1v) is 4.31. The predicted octanol–water partition coefficient (Wildman–Crippen LogP) is 0.486. The largest absolute Gasteiger partial charge is 0.366 e. The van der Waals surface area contributed by atoms with Crippen molar-refractivity contribution < 1.29 is 9.59 Å². The third kappa shape index (κ3) is 4.45. The van der Waals surface area contributed by atoms with Crippen LogP contribution in [0.5, 0.6) is 0 Å². The highest BCUT2D eigenvalue weighted by Crippen LogP contribution is 2.07. The van der Waals surface area contributed by atoms with Gasteiger partial charge in [-0.15, -0.1) is 0 Å². The lowest BCUT2D eigenvalue weighted by Gasteiger charge is -2.02. The summed E-state index contributed by atoms with van der Waals surface area (Å²) >= 11 is 0. The molecule has 0 aromatic heterocycles. The molecule has 0 spiro atoms. The van der Waals surface area contributed by atoms with Crippen molar-refractivity contribution in [2.24, 2.45) is 17.4 Å². The second kappa shape index (κ2) is 5.21. The van der Waals surface area contributed by atoms with E-state index in [1.54, 1.807) is 26.0 Å². The summed E-state index contributed by atoms with van der Waals surface area (Å²) in [5.74, 6) is -0.945. The molecule has 4 N–H and O–H groups in total. The van der Waals surface area contributed by atoms with Crippen molar-refractivity contribution in [3.8, 4) is 0 Å². The fraction of sp³-hybridized carbons (Fsp3) is 0.400. The highest BCUT2D eigenvalue weighted by atomic mass is 16.1. The zero-order valence-corrected chi connectivity index (χ0v) is 8.70. The van der Waals surface area contributed by atoms with Gasteiger partial charge >= 0.3 is 0 Å². The maximum Gasteiger partial charge on any atom is 0.244 e. The molecule has 0 saturated carbocycles. The van der Waals surface area contributed by atoms with Crippen molar-refractivity contribution in [2.45, 2.75) is 20.8 Å². The van der Waals surface area contributed by atoms with Crippen molar-refractivity contribution in [1.29, 1.82) is 0 Å². The van der Waals surface area contributed by atoms with Gasteiger partial charge in [0, 0.05) is 11.1 Å². The van der Waals surface area contributed by atoms with Crippen LogP contribution in [0.4, 0.5) is 0 Å². The van der Waals surface area contributed by atoms with Gasteiger partial charge in [0.2, 0.25) is 11.8 Å². The van der Waals surface area contributed by atoms with Crippen molar-refractivity contribution in [1.82, 2.24) is 0 Å². The molecule has 78 valence electrons. The van der Waals surface area contributed by atoms with Crippen LogP contribution in [-0.2, 0) is 9.59 Å². The second-order valence-corrected chi connectivity index (χ2v) is 3.29. The second-order valence-electron chi connectivity index (χ2n) is 3.29. The van der Waals surface area contributed by atoms with Crippen molar-refractivity contribution in [2.75, 3.05) is 0 Å². The molecular weight excluding hydrogens is 180 g/mol. The summed E-state index contributed by atoms with van der Waals surface area (Å²) < 4.78 is 0. The maximum absolute atomic E-state index is 10.7. The number of nitrogens with two attached hydrogens (primary N) is 2. The fourth-order valence-corrected chi connectivity index (χ4v) is 1.00. The lowest BCUT2D eigenvalue weighted by Crippen LogP contribution is -2.14. The highest BCUT2D eigenvalue weighted by molar-refractivity contribution is 5.92. The van der Waals surface area contributed by atoms with Crippen LogP contribution in [0.1, 0.15) is 20.8 Å². The normalized spacial score (nSPS) is 15.1. The Hall–Kier alpha value is -1.58. The van der Waals surface area contributed by atoms with Crippen molar-refractivity contribution >= 4 is 11.8 Å². The third-order valence-corrected chi connectivity index (χ3v) is 1.80. The first-order valence-electron chi connectivity index (χ1n) is 4.31. The Morgan fingerprint density at radius 3 is 1.50 bits per heavy atom. The molecule has 14 heavy (non-hydrogen) atoms. The zero-order chi connectivity index (χ0) is 11.3. The molecule has 0 bridgehead atoms. The summed E-state index contributed by atoms with van der Waals surface area (Å²) in [4.78, 5) is 21.4. The summed E-state index contributed by atoms with van der Waals surface area (Å²) in [5, 5.41) is 0. The molecule has 0 heterocycles. The van der Waals surface area contributed by atoms with E-state index < -0.39 is 11.8 Å². The molecule has 0 aliphatic rings. The minimum atomic E-state index is -0.457. The average Bonchev–Trinajstić information content (AvgIpc) is 2.03. The number of hydrogen-bond acceptors (Lipinski definition) is 2. The van der Waals surface area contributed by atoms with Gasteiger partial charge in [0.05, 0.1) is 0 Å². The van der Waals surface area contributed by atoms with Crippen LogP contribution in [0.3, 0.4) is 0 Å². The topological polar surface area (TPSA) is 86.2 Å². The van der Waals surface area contributed by atoms with Gasteiger partial charge in [-0.1, -0.05) is 19.1 Å². The van der Waals surface area contributed by atoms with Crippen LogP contribution >= 0.6 is 0 Å². The van der Waals surface area contributed by atoms with Gasteiger partial charge in [-0.05, 0) is 19.8 Å². The molecule has 0 aromatic carbocycles. The van der Waals surface area contributed by atoms with Crippen LogP contribution in [-0.4, -0.2) is 11.8 Å². The third-order valence-electron chi connectivity index (χ3n) is 1.80. The van der Waals surface area contributed by atoms with E-state index in [2.05, 4.69) is 0 Å². The summed E-state index contributed by atoms with van der Waals surface area (Å²) in [6, 6.07) is 0. The number of primary amides is 2. The lowest BCUT2D eigenvalue weighted by atomic mass is 10.0. The van der Waals surface area contributed by atoms with Gasteiger partial charge in [0.25, 0.3) is 0 Å².